The number of aromatic nitrogens is 2. The SMILES string of the molecule is OC(c1cccc(F)c1)c1ncc(-c2ccc(C(F)(F)F)cc2)[nH]1. The summed E-state index contributed by atoms with van der Waals surface area (Å²) in [6.45, 7) is 0. The molecule has 1 unspecified atom stereocenters. The molecule has 1 heterocycles. The zero-order valence-corrected chi connectivity index (χ0v) is 12.2. The number of H-pyrrole nitrogens is 1. The van der Waals surface area contributed by atoms with Crippen LogP contribution in [0.15, 0.2) is 54.7 Å². The highest BCUT2D eigenvalue weighted by Crippen LogP contribution is 2.31. The summed E-state index contributed by atoms with van der Waals surface area (Å²) < 4.78 is 50.9. The summed E-state index contributed by atoms with van der Waals surface area (Å²) in [4.78, 5) is 6.86. The van der Waals surface area contributed by atoms with Gasteiger partial charge in [0.25, 0.3) is 0 Å². The van der Waals surface area contributed by atoms with E-state index in [9.17, 15) is 22.7 Å². The van der Waals surface area contributed by atoms with Crippen molar-refractivity contribution in [2.24, 2.45) is 0 Å². The molecule has 3 rings (SSSR count). The molecule has 124 valence electrons. The van der Waals surface area contributed by atoms with Crippen LogP contribution in [0.5, 0.6) is 0 Å². The Balaban J connectivity index is 1.85. The number of imidazole rings is 1. The predicted molar refractivity (Wildman–Crippen MR) is 79.5 cm³/mol. The summed E-state index contributed by atoms with van der Waals surface area (Å²) in [6, 6.07) is 10.0. The van der Waals surface area contributed by atoms with Gasteiger partial charge in [-0.2, -0.15) is 13.2 Å². The Hall–Kier alpha value is -2.67. The number of aromatic amines is 1. The van der Waals surface area contributed by atoms with Crippen LogP contribution in [-0.4, -0.2) is 15.1 Å². The van der Waals surface area contributed by atoms with Gasteiger partial charge < -0.3 is 10.1 Å². The Morgan fingerprint density at radius 1 is 1.04 bits per heavy atom. The van der Waals surface area contributed by atoms with E-state index in [4.69, 9.17) is 0 Å². The molecule has 0 saturated heterocycles. The highest BCUT2D eigenvalue weighted by molar-refractivity contribution is 5.59. The first-order valence-corrected chi connectivity index (χ1v) is 7.00. The van der Waals surface area contributed by atoms with Crippen LogP contribution < -0.4 is 0 Å². The average molecular weight is 336 g/mol. The van der Waals surface area contributed by atoms with Crippen molar-refractivity contribution in [1.29, 1.82) is 0 Å². The van der Waals surface area contributed by atoms with Gasteiger partial charge in [-0.1, -0.05) is 24.3 Å². The molecule has 2 N–H and O–H groups in total. The van der Waals surface area contributed by atoms with E-state index in [1.165, 1.54) is 36.5 Å². The predicted octanol–water partition coefficient (Wildman–Crippen LogP) is 4.32. The molecule has 0 aliphatic carbocycles. The Kier molecular flexibility index (Phi) is 4.11. The van der Waals surface area contributed by atoms with Crippen molar-refractivity contribution in [3.8, 4) is 11.3 Å². The summed E-state index contributed by atoms with van der Waals surface area (Å²) in [5.41, 5.74) is 0.525. The van der Waals surface area contributed by atoms with Gasteiger partial charge in [-0.3, -0.25) is 0 Å². The zero-order chi connectivity index (χ0) is 17.3. The Labute approximate surface area is 134 Å². The maximum Gasteiger partial charge on any atom is 0.416 e. The number of rotatable bonds is 3. The van der Waals surface area contributed by atoms with Gasteiger partial charge >= 0.3 is 6.18 Å². The van der Waals surface area contributed by atoms with Gasteiger partial charge in [-0.15, -0.1) is 0 Å². The monoisotopic (exact) mass is 336 g/mol. The maximum atomic E-state index is 13.2. The molecule has 3 aromatic rings. The normalized spacial score (nSPS) is 13.0. The quantitative estimate of drug-likeness (QED) is 0.700. The van der Waals surface area contributed by atoms with Crippen LogP contribution in [0.3, 0.4) is 0 Å². The third kappa shape index (κ3) is 3.30. The molecule has 0 amide bonds. The van der Waals surface area contributed by atoms with Crippen molar-refractivity contribution >= 4 is 0 Å². The molecule has 0 aliphatic rings. The Bertz CT molecular complexity index is 840. The van der Waals surface area contributed by atoms with Crippen molar-refractivity contribution < 1.29 is 22.7 Å². The van der Waals surface area contributed by atoms with E-state index in [0.717, 1.165) is 12.1 Å². The van der Waals surface area contributed by atoms with Gasteiger partial charge in [0, 0.05) is 0 Å². The van der Waals surface area contributed by atoms with E-state index < -0.39 is 23.7 Å². The van der Waals surface area contributed by atoms with Gasteiger partial charge in [-0.25, -0.2) is 9.37 Å². The number of aliphatic hydroxyl groups excluding tert-OH is 1. The second-order valence-corrected chi connectivity index (χ2v) is 5.21. The second kappa shape index (κ2) is 6.09. The fourth-order valence-electron chi connectivity index (χ4n) is 2.30. The van der Waals surface area contributed by atoms with Gasteiger partial charge in [0.2, 0.25) is 0 Å². The van der Waals surface area contributed by atoms with Crippen molar-refractivity contribution in [3.63, 3.8) is 0 Å². The number of nitrogens with one attached hydrogen (secondary N) is 1. The van der Waals surface area contributed by atoms with Crippen LogP contribution in [0.2, 0.25) is 0 Å². The second-order valence-electron chi connectivity index (χ2n) is 5.21. The average Bonchev–Trinajstić information content (AvgIpc) is 3.03. The molecule has 1 atom stereocenters. The van der Waals surface area contributed by atoms with E-state index in [0.29, 0.717) is 16.8 Å². The van der Waals surface area contributed by atoms with Crippen LogP contribution in [0.25, 0.3) is 11.3 Å². The molecule has 24 heavy (non-hydrogen) atoms. The lowest BCUT2D eigenvalue weighted by atomic mass is 10.1. The fourth-order valence-corrected chi connectivity index (χ4v) is 2.30. The first-order valence-electron chi connectivity index (χ1n) is 7.00. The summed E-state index contributed by atoms with van der Waals surface area (Å²) in [7, 11) is 0. The van der Waals surface area contributed by atoms with E-state index in [-0.39, 0.29) is 5.82 Å². The lowest BCUT2D eigenvalue weighted by Crippen LogP contribution is -2.04. The minimum absolute atomic E-state index is 0.176. The number of nitrogens with zero attached hydrogens (tertiary/aromatic N) is 1. The first-order chi connectivity index (χ1) is 11.3. The van der Waals surface area contributed by atoms with Gasteiger partial charge in [0.05, 0.1) is 17.5 Å². The standard InChI is InChI=1S/C17H12F4N2O/c18-13-3-1-2-11(8-13)15(24)16-22-9-14(23-16)10-4-6-12(7-5-10)17(19,20)21/h1-9,15,24H,(H,22,23). The first kappa shape index (κ1) is 16.2. The topological polar surface area (TPSA) is 48.9 Å². The molecule has 0 aliphatic heterocycles. The lowest BCUT2D eigenvalue weighted by molar-refractivity contribution is -0.137. The smallest absolute Gasteiger partial charge is 0.380 e. The zero-order valence-electron chi connectivity index (χ0n) is 12.2. The van der Waals surface area contributed by atoms with E-state index in [1.54, 1.807) is 6.07 Å². The van der Waals surface area contributed by atoms with Crippen LogP contribution in [0.1, 0.15) is 23.1 Å². The molecule has 0 spiro atoms. The fraction of sp³-hybridized carbons (Fsp3) is 0.118. The van der Waals surface area contributed by atoms with E-state index >= 15 is 0 Å². The largest absolute Gasteiger partial charge is 0.416 e. The Morgan fingerprint density at radius 3 is 2.38 bits per heavy atom. The Morgan fingerprint density at radius 2 is 1.75 bits per heavy atom. The number of hydrogen-bond acceptors (Lipinski definition) is 2. The number of aliphatic hydroxyl groups is 1. The summed E-state index contributed by atoms with van der Waals surface area (Å²) in [5.74, 6) is -0.309. The molecule has 0 fully saturated rings. The van der Waals surface area contributed by atoms with Crippen molar-refractivity contribution in [2.75, 3.05) is 0 Å². The van der Waals surface area contributed by atoms with E-state index in [2.05, 4.69) is 9.97 Å². The molecule has 7 heteroatoms. The molecule has 0 bridgehead atoms. The van der Waals surface area contributed by atoms with Gasteiger partial charge in [0.15, 0.2) is 0 Å². The van der Waals surface area contributed by atoms with Crippen molar-refractivity contribution in [3.05, 3.63) is 77.5 Å². The number of halogens is 4. The van der Waals surface area contributed by atoms with Crippen LogP contribution in [-0.2, 0) is 6.18 Å². The van der Waals surface area contributed by atoms with Crippen LogP contribution in [0.4, 0.5) is 17.6 Å². The molecule has 0 saturated carbocycles. The van der Waals surface area contributed by atoms with E-state index in [1.807, 2.05) is 0 Å². The third-order valence-electron chi connectivity index (χ3n) is 3.54. The summed E-state index contributed by atoms with van der Waals surface area (Å²) >= 11 is 0. The van der Waals surface area contributed by atoms with Gasteiger partial charge in [0.1, 0.15) is 17.7 Å². The minimum atomic E-state index is -4.40. The minimum Gasteiger partial charge on any atom is -0.380 e. The highest BCUT2D eigenvalue weighted by Gasteiger charge is 2.30. The van der Waals surface area contributed by atoms with Crippen LogP contribution >= 0.6 is 0 Å². The maximum absolute atomic E-state index is 13.2. The molecule has 3 nitrogen and oxygen atoms in total. The van der Waals surface area contributed by atoms with Crippen molar-refractivity contribution in [1.82, 2.24) is 9.97 Å². The molecule has 2 aromatic carbocycles. The molecule has 0 radical (unpaired) electrons. The number of alkyl halides is 3. The number of benzene rings is 2. The molecule has 1 aromatic heterocycles. The molecular formula is C17H12F4N2O. The summed E-state index contributed by atoms with van der Waals surface area (Å²) in [5, 5.41) is 10.2. The number of hydrogen-bond donors (Lipinski definition) is 2. The van der Waals surface area contributed by atoms with Gasteiger partial charge in [-0.05, 0) is 35.4 Å². The summed E-state index contributed by atoms with van der Waals surface area (Å²) in [6.07, 6.45) is -4.16. The van der Waals surface area contributed by atoms with Crippen molar-refractivity contribution in [2.45, 2.75) is 12.3 Å². The molecular weight excluding hydrogens is 324 g/mol. The third-order valence-corrected chi connectivity index (χ3v) is 3.54. The lowest BCUT2D eigenvalue weighted by Gasteiger charge is -2.08. The highest BCUT2D eigenvalue weighted by atomic mass is 19.4. The van der Waals surface area contributed by atoms with Crippen LogP contribution in [0, 0.1) is 5.82 Å².